The molecule has 0 atom stereocenters. The maximum Gasteiger partial charge on any atom is 0.431 e. The smallest absolute Gasteiger partial charge is 0.431 e. The topological polar surface area (TPSA) is 120 Å². The molecule has 0 amide bonds. The van der Waals surface area contributed by atoms with Gasteiger partial charge in [-0.3, -0.25) is 9.36 Å². The SMILES string of the molecule is CC(C)OC(=O)c1cc(-n2c(=O)cc(C(F)(F)F)n(C)c2=O)ccc1Cl.O=C(O)c1nc(Cl)ccc1Cl. The zero-order valence-electron chi connectivity index (χ0n) is 19.1. The molecule has 15 heteroatoms. The second kappa shape index (κ2) is 11.8. The summed E-state index contributed by atoms with van der Waals surface area (Å²) in [5.74, 6) is -1.97. The first kappa shape index (κ1) is 29.9. The number of aromatic nitrogens is 3. The van der Waals surface area contributed by atoms with E-state index in [1.54, 1.807) is 13.8 Å². The van der Waals surface area contributed by atoms with E-state index in [9.17, 15) is 32.3 Å². The van der Waals surface area contributed by atoms with Crippen molar-refractivity contribution in [1.29, 1.82) is 0 Å². The number of ether oxygens (including phenoxy) is 1. The fraction of sp³-hybridized carbons (Fsp3) is 0.227. The predicted octanol–water partition coefficient (Wildman–Crippen LogP) is 4.86. The molecule has 3 aromatic rings. The molecule has 0 aliphatic heterocycles. The Hall–Kier alpha value is -3.35. The molecule has 0 saturated heterocycles. The van der Waals surface area contributed by atoms with Crippen LogP contribution in [0.15, 0.2) is 46.0 Å². The van der Waals surface area contributed by atoms with Gasteiger partial charge in [-0.05, 0) is 44.2 Å². The quantitative estimate of drug-likeness (QED) is 0.345. The number of hydrogen-bond acceptors (Lipinski definition) is 6. The Kier molecular flexibility index (Phi) is 9.53. The average Bonchev–Trinajstić information content (AvgIpc) is 2.78. The number of carboxylic acid groups (broad SMARTS) is 1. The Bertz CT molecular complexity index is 1470. The van der Waals surface area contributed by atoms with Crippen LogP contribution in [-0.2, 0) is 18.0 Å². The highest BCUT2D eigenvalue weighted by molar-refractivity contribution is 6.34. The van der Waals surface area contributed by atoms with Crippen LogP contribution in [0.25, 0.3) is 5.69 Å². The van der Waals surface area contributed by atoms with Crippen LogP contribution in [0.5, 0.6) is 0 Å². The Morgan fingerprint density at radius 3 is 2.14 bits per heavy atom. The fourth-order valence-electron chi connectivity index (χ4n) is 2.79. The van der Waals surface area contributed by atoms with E-state index in [4.69, 9.17) is 44.6 Å². The normalized spacial score (nSPS) is 11.1. The highest BCUT2D eigenvalue weighted by atomic mass is 35.5. The molecule has 9 nitrogen and oxygen atoms in total. The van der Waals surface area contributed by atoms with Crippen LogP contribution in [0.2, 0.25) is 15.2 Å². The van der Waals surface area contributed by atoms with E-state index < -0.39 is 41.2 Å². The van der Waals surface area contributed by atoms with Gasteiger partial charge >= 0.3 is 23.8 Å². The third kappa shape index (κ3) is 7.34. The molecule has 1 N–H and O–H groups in total. The summed E-state index contributed by atoms with van der Waals surface area (Å²) in [6.07, 6.45) is -5.30. The number of carbonyl (C=O) groups excluding carboxylic acids is 1. The molecule has 0 aliphatic carbocycles. The van der Waals surface area contributed by atoms with Gasteiger partial charge < -0.3 is 9.84 Å². The lowest BCUT2D eigenvalue weighted by Crippen LogP contribution is -2.40. The first-order valence-corrected chi connectivity index (χ1v) is 11.1. The van der Waals surface area contributed by atoms with Crippen LogP contribution >= 0.6 is 34.8 Å². The van der Waals surface area contributed by atoms with Crippen molar-refractivity contribution in [3.05, 3.63) is 89.4 Å². The molecule has 0 spiro atoms. The number of halogens is 6. The number of rotatable bonds is 4. The van der Waals surface area contributed by atoms with E-state index in [-0.39, 0.29) is 32.1 Å². The minimum atomic E-state index is -4.86. The number of carboxylic acids is 1. The zero-order valence-corrected chi connectivity index (χ0v) is 21.4. The molecule has 0 unspecified atom stereocenters. The first-order chi connectivity index (χ1) is 17.0. The number of carbonyl (C=O) groups is 2. The third-order valence-electron chi connectivity index (χ3n) is 4.40. The Labute approximate surface area is 221 Å². The number of alkyl halides is 3. The predicted molar refractivity (Wildman–Crippen MR) is 129 cm³/mol. The van der Waals surface area contributed by atoms with Gasteiger partial charge in [0.2, 0.25) is 0 Å². The molecule has 1 aromatic carbocycles. The lowest BCUT2D eigenvalue weighted by molar-refractivity contribution is -0.144. The summed E-state index contributed by atoms with van der Waals surface area (Å²) < 4.78 is 44.5. The van der Waals surface area contributed by atoms with Gasteiger partial charge in [0.15, 0.2) is 5.69 Å². The van der Waals surface area contributed by atoms with Crippen molar-refractivity contribution in [3.63, 3.8) is 0 Å². The summed E-state index contributed by atoms with van der Waals surface area (Å²) in [7, 11) is 0.894. The van der Waals surface area contributed by atoms with Crippen LogP contribution in [0.3, 0.4) is 0 Å². The van der Waals surface area contributed by atoms with Gasteiger partial charge in [-0.15, -0.1) is 0 Å². The van der Waals surface area contributed by atoms with Gasteiger partial charge in [-0.2, -0.15) is 13.2 Å². The highest BCUT2D eigenvalue weighted by Gasteiger charge is 2.35. The highest BCUT2D eigenvalue weighted by Crippen LogP contribution is 2.27. The van der Waals surface area contributed by atoms with E-state index in [2.05, 4.69) is 4.98 Å². The van der Waals surface area contributed by atoms with Gasteiger partial charge in [0.1, 0.15) is 10.8 Å². The van der Waals surface area contributed by atoms with Crippen LogP contribution in [0, 0.1) is 0 Å². The number of aromatic carboxylic acids is 1. The van der Waals surface area contributed by atoms with Crippen molar-refractivity contribution in [2.45, 2.75) is 26.1 Å². The number of hydrogen-bond donors (Lipinski definition) is 1. The second-order valence-corrected chi connectivity index (χ2v) is 8.63. The molecule has 0 radical (unpaired) electrons. The van der Waals surface area contributed by atoms with Crippen molar-refractivity contribution in [1.82, 2.24) is 14.1 Å². The van der Waals surface area contributed by atoms with Crippen molar-refractivity contribution in [3.8, 4) is 5.69 Å². The molecular weight excluding hydrogens is 566 g/mol. The van der Waals surface area contributed by atoms with Gasteiger partial charge in [0.25, 0.3) is 5.56 Å². The van der Waals surface area contributed by atoms with Crippen molar-refractivity contribution < 1.29 is 32.6 Å². The van der Waals surface area contributed by atoms with Gasteiger partial charge in [0, 0.05) is 13.1 Å². The Balaban J connectivity index is 0.000000364. The summed E-state index contributed by atoms with van der Waals surface area (Å²) in [5.41, 5.74) is -4.23. The minimum absolute atomic E-state index is 0.0104. The van der Waals surface area contributed by atoms with Crippen LogP contribution < -0.4 is 11.2 Å². The minimum Gasteiger partial charge on any atom is -0.476 e. The zero-order chi connectivity index (χ0) is 28.2. The maximum atomic E-state index is 12.9. The lowest BCUT2D eigenvalue weighted by atomic mass is 10.2. The summed E-state index contributed by atoms with van der Waals surface area (Å²) in [6.45, 7) is 3.23. The molecule has 2 aromatic heterocycles. The number of pyridine rings is 1. The van der Waals surface area contributed by atoms with E-state index in [1.165, 1.54) is 24.3 Å². The fourth-order valence-corrected chi connectivity index (χ4v) is 3.32. The van der Waals surface area contributed by atoms with E-state index in [0.29, 0.717) is 15.2 Å². The maximum absolute atomic E-state index is 12.9. The lowest BCUT2D eigenvalue weighted by Gasteiger charge is -2.15. The second-order valence-electron chi connectivity index (χ2n) is 7.43. The van der Waals surface area contributed by atoms with Crippen molar-refractivity contribution >= 4 is 46.7 Å². The molecular formula is C22H17Cl3F3N3O6. The largest absolute Gasteiger partial charge is 0.476 e. The Morgan fingerprint density at radius 2 is 1.62 bits per heavy atom. The van der Waals surface area contributed by atoms with E-state index in [0.717, 1.165) is 13.1 Å². The third-order valence-corrected chi connectivity index (χ3v) is 5.24. The molecule has 0 bridgehead atoms. The van der Waals surface area contributed by atoms with Gasteiger partial charge in [-0.1, -0.05) is 34.8 Å². The summed E-state index contributed by atoms with van der Waals surface area (Å²) in [5, 5.41) is 8.70. The molecule has 2 heterocycles. The number of esters is 1. The van der Waals surface area contributed by atoms with Crippen LogP contribution in [0.1, 0.15) is 40.4 Å². The van der Waals surface area contributed by atoms with Crippen LogP contribution in [0.4, 0.5) is 13.2 Å². The van der Waals surface area contributed by atoms with Gasteiger partial charge in [-0.25, -0.2) is 23.9 Å². The van der Waals surface area contributed by atoms with E-state index >= 15 is 0 Å². The first-order valence-electron chi connectivity index (χ1n) is 10.0. The number of nitrogens with zero attached hydrogens (tertiary/aromatic N) is 3. The van der Waals surface area contributed by atoms with Crippen LogP contribution in [-0.4, -0.2) is 37.3 Å². The van der Waals surface area contributed by atoms with Crippen molar-refractivity contribution in [2.75, 3.05) is 0 Å². The summed E-state index contributed by atoms with van der Waals surface area (Å²) in [6, 6.07) is 6.73. The molecule has 0 fully saturated rings. The molecule has 3 rings (SSSR count). The molecule has 198 valence electrons. The van der Waals surface area contributed by atoms with Gasteiger partial charge in [0.05, 0.1) is 27.4 Å². The standard InChI is InChI=1S/C16H14ClF3N2O4.C6H3Cl2NO2/c1-8(2)26-14(24)10-6-9(4-5-11(10)17)22-13(23)7-12(16(18,19)20)21(3)15(22)25;7-3-1-2-4(8)9-5(3)6(10)11/h4-8H,1-3H3;1-2H,(H,10,11). The molecule has 0 saturated carbocycles. The number of benzene rings is 1. The van der Waals surface area contributed by atoms with E-state index in [1.807, 2.05) is 0 Å². The summed E-state index contributed by atoms with van der Waals surface area (Å²) >= 11 is 16.9. The Morgan fingerprint density at radius 1 is 1.03 bits per heavy atom. The molecule has 0 aliphatic rings. The molecule has 37 heavy (non-hydrogen) atoms. The monoisotopic (exact) mass is 581 g/mol. The van der Waals surface area contributed by atoms with Crippen molar-refractivity contribution in [2.24, 2.45) is 7.05 Å². The average molecular weight is 583 g/mol. The summed E-state index contributed by atoms with van der Waals surface area (Å²) in [4.78, 5) is 50.3.